The first-order valence-electron chi connectivity index (χ1n) is 13.6. The fourth-order valence-electron chi connectivity index (χ4n) is 4.71. The molecule has 0 aliphatic carbocycles. The van der Waals surface area contributed by atoms with Crippen LogP contribution in [0.25, 0.3) is 10.3 Å². The van der Waals surface area contributed by atoms with Gasteiger partial charge in [-0.25, -0.2) is 27.2 Å². The molecule has 2 aromatic heterocycles. The van der Waals surface area contributed by atoms with E-state index in [9.17, 15) is 35.2 Å². The van der Waals surface area contributed by atoms with E-state index in [1.807, 2.05) is 0 Å². The number of sulfonamides is 1. The maximum Gasteiger partial charge on any atom is 0.573 e. The molecule has 240 valence electrons. The molecule has 0 unspecified atom stereocenters. The minimum Gasteiger partial charge on any atom is -0.406 e. The summed E-state index contributed by atoms with van der Waals surface area (Å²) in [7, 11) is -4.37. The van der Waals surface area contributed by atoms with Gasteiger partial charge >= 0.3 is 6.36 Å². The number of nitrogens with one attached hydrogen (secondary N) is 1. The second kappa shape index (κ2) is 12.4. The van der Waals surface area contributed by atoms with Gasteiger partial charge in [0.25, 0.3) is 5.92 Å². The zero-order chi connectivity index (χ0) is 32.6. The van der Waals surface area contributed by atoms with E-state index < -0.39 is 40.0 Å². The van der Waals surface area contributed by atoms with Crippen molar-refractivity contribution in [1.29, 1.82) is 0 Å². The third-order valence-corrected chi connectivity index (χ3v) is 10.1. The first-order chi connectivity index (χ1) is 21.2. The van der Waals surface area contributed by atoms with E-state index in [-0.39, 0.29) is 43.1 Å². The molecular formula is C28H27F5N6O4S2. The number of alkyl halides is 5. The fraction of sp³-hybridized carbons (Fsp3) is 0.357. The number of amides is 1. The molecule has 4 aromatic rings. The summed E-state index contributed by atoms with van der Waals surface area (Å²) < 4.78 is 98.8. The van der Waals surface area contributed by atoms with Crippen molar-refractivity contribution in [2.24, 2.45) is 0 Å². The van der Waals surface area contributed by atoms with E-state index in [2.05, 4.69) is 25.0 Å². The fourth-order valence-corrected chi connectivity index (χ4v) is 7.20. The Hall–Kier alpha value is -3.96. The molecule has 1 N–H and O–H groups in total. The average molecular weight is 671 g/mol. The summed E-state index contributed by atoms with van der Waals surface area (Å²) in [6.45, 7) is 2.91. The molecule has 1 fully saturated rings. The largest absolute Gasteiger partial charge is 0.573 e. The lowest BCUT2D eigenvalue weighted by atomic mass is 10.0. The molecule has 0 saturated carbocycles. The van der Waals surface area contributed by atoms with E-state index in [1.54, 1.807) is 18.0 Å². The predicted octanol–water partition coefficient (Wildman–Crippen LogP) is 4.99. The van der Waals surface area contributed by atoms with Gasteiger partial charge in [0, 0.05) is 38.2 Å². The number of hydrogen-bond acceptors (Lipinski definition) is 9. The van der Waals surface area contributed by atoms with Crippen molar-refractivity contribution >= 4 is 42.7 Å². The monoisotopic (exact) mass is 670 g/mol. The molecule has 1 amide bonds. The summed E-state index contributed by atoms with van der Waals surface area (Å²) in [5.74, 6) is -3.74. The van der Waals surface area contributed by atoms with Gasteiger partial charge in [0.2, 0.25) is 15.9 Å². The number of carbonyl (C=O) groups is 1. The minimum absolute atomic E-state index is 0.0688. The van der Waals surface area contributed by atoms with Gasteiger partial charge in [0.1, 0.15) is 17.6 Å². The van der Waals surface area contributed by atoms with Crippen molar-refractivity contribution in [1.82, 2.24) is 24.6 Å². The third kappa shape index (κ3) is 7.31. The standard InChI is InChI=1S/C28H27F5N6O4S2/c1-3-27(29,30)19-6-4-18(5-7-19)14-35-25(40)22-16-38(26-37-24-23(44-26)15-34-17(2)36-24)12-13-39(22)45(41,42)21-10-8-20(9-11-21)43-28(31,32)33/h4-11,15,22H,3,12-14,16H2,1-2H3,(H,35,40)/t22-/m1/s1. The van der Waals surface area contributed by atoms with Gasteiger partial charge in [0.15, 0.2) is 10.8 Å². The van der Waals surface area contributed by atoms with Gasteiger partial charge in [0.05, 0.1) is 15.8 Å². The molecular weight excluding hydrogens is 643 g/mol. The highest BCUT2D eigenvalue weighted by Gasteiger charge is 2.41. The number of anilines is 1. The van der Waals surface area contributed by atoms with Crippen LogP contribution in [0.5, 0.6) is 5.75 Å². The van der Waals surface area contributed by atoms with Crippen LogP contribution in [0.4, 0.5) is 27.1 Å². The number of fused-ring (bicyclic) bond motifs is 1. The van der Waals surface area contributed by atoms with Gasteiger partial charge in [-0.3, -0.25) is 4.79 Å². The van der Waals surface area contributed by atoms with E-state index in [1.165, 1.54) is 42.5 Å². The number of rotatable bonds is 9. The first kappa shape index (κ1) is 32.4. The Balaban J connectivity index is 1.40. The summed E-state index contributed by atoms with van der Waals surface area (Å²) in [6, 6.07) is 7.87. The molecule has 45 heavy (non-hydrogen) atoms. The van der Waals surface area contributed by atoms with E-state index in [0.29, 0.717) is 26.9 Å². The molecule has 10 nitrogen and oxygen atoms in total. The van der Waals surface area contributed by atoms with Crippen molar-refractivity contribution in [2.45, 2.75) is 50.0 Å². The zero-order valence-corrected chi connectivity index (χ0v) is 25.5. The number of benzene rings is 2. The Morgan fingerprint density at radius 3 is 2.38 bits per heavy atom. The molecule has 0 bridgehead atoms. The van der Waals surface area contributed by atoms with Crippen LogP contribution >= 0.6 is 11.3 Å². The van der Waals surface area contributed by atoms with Gasteiger partial charge in [-0.15, -0.1) is 13.2 Å². The van der Waals surface area contributed by atoms with Gasteiger partial charge < -0.3 is 15.0 Å². The first-order valence-corrected chi connectivity index (χ1v) is 15.9. The van der Waals surface area contributed by atoms with Crippen LogP contribution in [0.1, 0.15) is 30.3 Å². The minimum atomic E-state index is -4.96. The van der Waals surface area contributed by atoms with Crippen LogP contribution in [0.3, 0.4) is 0 Å². The van der Waals surface area contributed by atoms with Crippen molar-refractivity contribution in [3.05, 3.63) is 71.7 Å². The van der Waals surface area contributed by atoms with Crippen LogP contribution in [0, 0.1) is 6.92 Å². The molecule has 1 saturated heterocycles. The number of hydrogen-bond donors (Lipinski definition) is 1. The molecule has 2 aromatic carbocycles. The number of thiazole rings is 1. The Bertz CT molecular complexity index is 1780. The zero-order valence-electron chi connectivity index (χ0n) is 23.9. The third-order valence-electron chi connectivity index (χ3n) is 7.11. The maximum absolute atomic E-state index is 14.0. The van der Waals surface area contributed by atoms with Crippen LogP contribution in [0.15, 0.2) is 59.6 Å². The average Bonchev–Trinajstić information content (AvgIpc) is 3.42. The maximum atomic E-state index is 14.0. The SMILES string of the molecule is CCC(F)(F)c1ccc(CNC(=O)[C@H]2CN(c3nc4nc(C)ncc4s3)CCN2S(=O)(=O)c2ccc(OC(F)(F)F)cc2)cc1. The second-order valence-electron chi connectivity index (χ2n) is 10.2. The molecule has 3 heterocycles. The van der Waals surface area contributed by atoms with Crippen LogP contribution in [0.2, 0.25) is 0 Å². The molecule has 1 aliphatic rings. The summed E-state index contributed by atoms with van der Waals surface area (Å²) in [5, 5.41) is 3.19. The van der Waals surface area contributed by atoms with Crippen molar-refractivity contribution in [3.63, 3.8) is 0 Å². The smallest absolute Gasteiger partial charge is 0.406 e. The number of carbonyl (C=O) groups excluding carboxylic acids is 1. The highest BCUT2D eigenvalue weighted by molar-refractivity contribution is 7.89. The number of aryl methyl sites for hydroxylation is 1. The number of halogens is 5. The van der Waals surface area contributed by atoms with Crippen LogP contribution in [-0.2, 0) is 27.3 Å². The van der Waals surface area contributed by atoms with Crippen LogP contribution < -0.4 is 15.0 Å². The Kier molecular flexibility index (Phi) is 8.97. The second-order valence-corrected chi connectivity index (χ2v) is 13.1. The number of piperazine rings is 1. The molecule has 17 heteroatoms. The topological polar surface area (TPSA) is 118 Å². The van der Waals surface area contributed by atoms with Gasteiger partial charge in [-0.05, 0) is 36.8 Å². The molecule has 1 atom stereocenters. The van der Waals surface area contributed by atoms with Crippen molar-refractivity contribution < 1.29 is 39.9 Å². The molecule has 1 aliphatic heterocycles. The van der Waals surface area contributed by atoms with E-state index >= 15 is 0 Å². The highest BCUT2D eigenvalue weighted by atomic mass is 32.2. The predicted molar refractivity (Wildman–Crippen MR) is 155 cm³/mol. The Morgan fingerprint density at radius 2 is 1.73 bits per heavy atom. The van der Waals surface area contributed by atoms with Crippen LogP contribution in [-0.4, -0.2) is 65.6 Å². The van der Waals surface area contributed by atoms with Gasteiger partial charge in [-0.1, -0.05) is 42.5 Å². The highest BCUT2D eigenvalue weighted by Crippen LogP contribution is 2.33. The Labute approximate surface area is 258 Å². The molecule has 0 spiro atoms. The normalized spacial score (nSPS) is 16.6. The molecule has 5 rings (SSSR count). The summed E-state index contributed by atoms with van der Waals surface area (Å²) in [6.07, 6.45) is -3.70. The van der Waals surface area contributed by atoms with E-state index in [0.717, 1.165) is 28.6 Å². The summed E-state index contributed by atoms with van der Waals surface area (Å²) in [5.41, 5.74) is 0.806. The summed E-state index contributed by atoms with van der Waals surface area (Å²) in [4.78, 5) is 28.0. The van der Waals surface area contributed by atoms with E-state index in [4.69, 9.17) is 0 Å². The lowest BCUT2D eigenvalue weighted by Gasteiger charge is -2.39. The van der Waals surface area contributed by atoms with Crippen molar-refractivity contribution in [3.8, 4) is 5.75 Å². The quantitative estimate of drug-likeness (QED) is 0.248. The number of ether oxygens (including phenoxy) is 1. The lowest BCUT2D eigenvalue weighted by molar-refractivity contribution is -0.274. The lowest BCUT2D eigenvalue weighted by Crippen LogP contribution is -2.60. The number of nitrogens with zero attached hydrogens (tertiary/aromatic N) is 5. The summed E-state index contributed by atoms with van der Waals surface area (Å²) >= 11 is 1.28. The van der Waals surface area contributed by atoms with Gasteiger partial charge in [-0.2, -0.15) is 9.29 Å². The molecule has 0 radical (unpaired) electrons. The van der Waals surface area contributed by atoms with Crippen molar-refractivity contribution in [2.75, 3.05) is 24.5 Å². The Morgan fingerprint density at radius 1 is 1.04 bits per heavy atom. The number of aromatic nitrogens is 3.